The Kier molecular flexibility index (Phi) is 3.53. The van der Waals surface area contributed by atoms with E-state index in [1.807, 2.05) is 19.3 Å². The smallest absolute Gasteiger partial charge is 0.225 e. The molecule has 1 atom stereocenters. The first-order chi connectivity index (χ1) is 7.29. The number of hydrogen-bond acceptors (Lipinski definition) is 4. The van der Waals surface area contributed by atoms with Gasteiger partial charge in [0.1, 0.15) is 0 Å². The summed E-state index contributed by atoms with van der Waals surface area (Å²) in [6.45, 7) is 4.46. The third kappa shape index (κ3) is 2.66. The molecule has 1 fully saturated rings. The van der Waals surface area contributed by atoms with E-state index in [-0.39, 0.29) is 6.10 Å². The number of morpholine rings is 1. The highest BCUT2D eigenvalue weighted by Gasteiger charge is 2.20. The molecule has 1 saturated heterocycles. The zero-order chi connectivity index (χ0) is 10.7. The summed E-state index contributed by atoms with van der Waals surface area (Å²) in [5, 5.41) is 0.857. The van der Waals surface area contributed by atoms with Gasteiger partial charge in [-0.25, -0.2) is 9.97 Å². The van der Waals surface area contributed by atoms with Crippen LogP contribution < -0.4 is 4.90 Å². The van der Waals surface area contributed by atoms with Gasteiger partial charge >= 0.3 is 0 Å². The van der Waals surface area contributed by atoms with Gasteiger partial charge in [0.15, 0.2) is 0 Å². The lowest BCUT2D eigenvalue weighted by molar-refractivity contribution is 0.0565. The Morgan fingerprint density at radius 3 is 2.93 bits per heavy atom. The average molecular weight is 272 g/mol. The molecule has 1 unspecified atom stereocenters. The number of rotatable bonds is 2. The van der Waals surface area contributed by atoms with Crippen molar-refractivity contribution in [2.45, 2.75) is 13.0 Å². The first-order valence-electron chi connectivity index (χ1n) is 5.01. The van der Waals surface area contributed by atoms with Crippen molar-refractivity contribution in [1.82, 2.24) is 9.97 Å². The van der Waals surface area contributed by atoms with Crippen LogP contribution in [0.15, 0.2) is 12.4 Å². The Morgan fingerprint density at radius 1 is 1.53 bits per heavy atom. The van der Waals surface area contributed by atoms with Gasteiger partial charge in [-0.15, -0.1) is 0 Å². The van der Waals surface area contributed by atoms with Crippen molar-refractivity contribution in [3.63, 3.8) is 0 Å². The first-order valence-corrected chi connectivity index (χ1v) is 6.13. The number of aromatic nitrogens is 2. The first kappa shape index (κ1) is 10.8. The fourth-order valence-corrected chi connectivity index (χ4v) is 1.94. The zero-order valence-corrected chi connectivity index (χ0v) is 10.3. The topological polar surface area (TPSA) is 38.2 Å². The molecule has 0 aromatic carbocycles. The number of anilines is 1. The van der Waals surface area contributed by atoms with E-state index in [9.17, 15) is 0 Å². The lowest BCUT2D eigenvalue weighted by Gasteiger charge is -2.31. The van der Waals surface area contributed by atoms with Crippen LogP contribution in [-0.2, 0) is 4.74 Å². The van der Waals surface area contributed by atoms with Crippen LogP contribution in [0.1, 0.15) is 5.56 Å². The molecule has 0 aliphatic carbocycles. The van der Waals surface area contributed by atoms with E-state index in [4.69, 9.17) is 4.74 Å². The lowest BCUT2D eigenvalue weighted by atomic mass is 10.3. The van der Waals surface area contributed by atoms with Gasteiger partial charge in [-0.2, -0.15) is 0 Å². The molecule has 0 spiro atoms. The number of alkyl halides is 1. The van der Waals surface area contributed by atoms with E-state index in [0.29, 0.717) is 0 Å². The maximum absolute atomic E-state index is 5.56. The highest BCUT2D eigenvalue weighted by atomic mass is 79.9. The van der Waals surface area contributed by atoms with Crippen molar-refractivity contribution in [2.24, 2.45) is 0 Å². The van der Waals surface area contributed by atoms with Crippen molar-refractivity contribution in [2.75, 3.05) is 29.9 Å². The third-order valence-corrected chi connectivity index (χ3v) is 3.08. The second-order valence-electron chi connectivity index (χ2n) is 3.65. The summed E-state index contributed by atoms with van der Waals surface area (Å²) in [6.07, 6.45) is 3.94. The average Bonchev–Trinajstić information content (AvgIpc) is 2.30. The van der Waals surface area contributed by atoms with Gasteiger partial charge in [0.2, 0.25) is 5.95 Å². The summed E-state index contributed by atoms with van der Waals surface area (Å²) < 4.78 is 5.56. The molecule has 0 saturated carbocycles. The molecule has 0 bridgehead atoms. The number of nitrogens with zero attached hydrogens (tertiary/aromatic N) is 3. The maximum Gasteiger partial charge on any atom is 0.225 e. The van der Waals surface area contributed by atoms with Gasteiger partial charge < -0.3 is 9.64 Å². The minimum absolute atomic E-state index is 0.239. The van der Waals surface area contributed by atoms with Crippen molar-refractivity contribution in [3.05, 3.63) is 18.0 Å². The summed E-state index contributed by atoms with van der Waals surface area (Å²) in [4.78, 5) is 10.8. The van der Waals surface area contributed by atoms with Crippen LogP contribution in [0.3, 0.4) is 0 Å². The van der Waals surface area contributed by atoms with E-state index in [1.54, 1.807) is 0 Å². The molecule has 4 nitrogen and oxygen atoms in total. The van der Waals surface area contributed by atoms with Crippen LogP contribution in [-0.4, -0.2) is 41.1 Å². The highest BCUT2D eigenvalue weighted by molar-refractivity contribution is 9.09. The van der Waals surface area contributed by atoms with Gasteiger partial charge in [-0.1, -0.05) is 15.9 Å². The van der Waals surface area contributed by atoms with E-state index in [1.165, 1.54) is 0 Å². The van der Waals surface area contributed by atoms with Gasteiger partial charge in [0.05, 0.1) is 12.7 Å². The zero-order valence-electron chi connectivity index (χ0n) is 8.69. The van der Waals surface area contributed by atoms with E-state index >= 15 is 0 Å². The normalized spacial score (nSPS) is 21.7. The standard InChI is InChI=1S/C10H14BrN3O/c1-8-5-12-10(13-6-8)14-2-3-15-9(4-11)7-14/h5-6,9H,2-4,7H2,1H3. The maximum atomic E-state index is 5.56. The van der Waals surface area contributed by atoms with Crippen LogP contribution in [0.4, 0.5) is 5.95 Å². The van der Waals surface area contributed by atoms with Crippen molar-refractivity contribution in [3.8, 4) is 0 Å². The SMILES string of the molecule is Cc1cnc(N2CCOC(CBr)C2)nc1. The molecule has 0 N–H and O–H groups in total. The Hall–Kier alpha value is -0.680. The second kappa shape index (κ2) is 4.90. The van der Waals surface area contributed by atoms with Gasteiger partial charge in [-0.05, 0) is 12.5 Å². The predicted molar refractivity (Wildman–Crippen MR) is 62.5 cm³/mol. The minimum atomic E-state index is 0.239. The van der Waals surface area contributed by atoms with E-state index < -0.39 is 0 Å². The van der Waals surface area contributed by atoms with E-state index in [2.05, 4.69) is 30.8 Å². The fourth-order valence-electron chi connectivity index (χ4n) is 1.54. The molecule has 1 aromatic rings. The Bertz CT molecular complexity index is 317. The van der Waals surface area contributed by atoms with Crippen LogP contribution in [0.25, 0.3) is 0 Å². The lowest BCUT2D eigenvalue weighted by Crippen LogP contribution is -2.44. The Morgan fingerprint density at radius 2 is 2.27 bits per heavy atom. The molecule has 1 aromatic heterocycles. The van der Waals surface area contributed by atoms with Crippen molar-refractivity contribution < 1.29 is 4.74 Å². The summed E-state index contributed by atoms with van der Waals surface area (Å²) in [6, 6.07) is 0. The molecule has 1 aliphatic rings. The summed E-state index contributed by atoms with van der Waals surface area (Å²) >= 11 is 3.43. The molecule has 0 amide bonds. The fraction of sp³-hybridized carbons (Fsp3) is 0.600. The molecular formula is C10H14BrN3O. The summed E-state index contributed by atoms with van der Waals surface area (Å²) in [5.74, 6) is 0.801. The monoisotopic (exact) mass is 271 g/mol. The van der Waals surface area contributed by atoms with E-state index in [0.717, 1.165) is 36.5 Å². The number of halogens is 1. The molecule has 2 heterocycles. The van der Waals surface area contributed by atoms with Crippen LogP contribution in [0, 0.1) is 6.92 Å². The van der Waals surface area contributed by atoms with Crippen molar-refractivity contribution >= 4 is 21.9 Å². The highest BCUT2D eigenvalue weighted by Crippen LogP contribution is 2.13. The summed E-state index contributed by atoms with van der Waals surface area (Å²) in [5.41, 5.74) is 1.09. The van der Waals surface area contributed by atoms with Gasteiger partial charge in [-0.3, -0.25) is 0 Å². The molecular weight excluding hydrogens is 258 g/mol. The van der Waals surface area contributed by atoms with Crippen LogP contribution in [0.5, 0.6) is 0 Å². The Labute approximate surface area is 97.8 Å². The molecule has 0 radical (unpaired) electrons. The number of aryl methyl sites for hydroxylation is 1. The second-order valence-corrected chi connectivity index (χ2v) is 4.30. The predicted octanol–water partition coefficient (Wildman–Crippen LogP) is 1.39. The Balaban J connectivity index is 2.06. The third-order valence-electron chi connectivity index (χ3n) is 2.36. The molecule has 82 valence electrons. The quantitative estimate of drug-likeness (QED) is 0.762. The van der Waals surface area contributed by atoms with Crippen LogP contribution >= 0.6 is 15.9 Å². The number of ether oxygens (including phenoxy) is 1. The largest absolute Gasteiger partial charge is 0.374 e. The van der Waals surface area contributed by atoms with Crippen LogP contribution in [0.2, 0.25) is 0 Å². The molecule has 15 heavy (non-hydrogen) atoms. The van der Waals surface area contributed by atoms with Gasteiger partial charge in [0.25, 0.3) is 0 Å². The number of hydrogen-bond donors (Lipinski definition) is 0. The molecule has 2 rings (SSSR count). The molecule has 5 heteroatoms. The molecule has 1 aliphatic heterocycles. The minimum Gasteiger partial charge on any atom is -0.374 e. The van der Waals surface area contributed by atoms with Gasteiger partial charge in [0, 0.05) is 30.8 Å². The van der Waals surface area contributed by atoms with Crippen molar-refractivity contribution in [1.29, 1.82) is 0 Å². The summed E-state index contributed by atoms with van der Waals surface area (Å²) in [7, 11) is 0.